The summed E-state index contributed by atoms with van der Waals surface area (Å²) < 4.78 is 19.0. The van der Waals surface area contributed by atoms with E-state index >= 15 is 0 Å². The van der Waals surface area contributed by atoms with Crippen molar-refractivity contribution in [3.05, 3.63) is 65.5 Å². The molecule has 5 nitrogen and oxygen atoms in total. The van der Waals surface area contributed by atoms with E-state index in [1.54, 1.807) is 13.1 Å². The lowest BCUT2D eigenvalue weighted by molar-refractivity contribution is 0.281. The van der Waals surface area contributed by atoms with Crippen LogP contribution in [0.3, 0.4) is 0 Å². The molecule has 0 aliphatic heterocycles. The van der Waals surface area contributed by atoms with E-state index < -0.39 is 0 Å². The van der Waals surface area contributed by atoms with E-state index in [9.17, 15) is 4.39 Å². The van der Waals surface area contributed by atoms with Crippen LogP contribution in [-0.4, -0.2) is 45.2 Å². The zero-order valence-corrected chi connectivity index (χ0v) is 16.3. The summed E-state index contributed by atoms with van der Waals surface area (Å²) in [5, 5.41) is 6.44. The van der Waals surface area contributed by atoms with Crippen molar-refractivity contribution < 1.29 is 9.13 Å². The molecule has 2 aromatic carbocycles. The summed E-state index contributed by atoms with van der Waals surface area (Å²) in [6.07, 6.45) is 1.00. The number of rotatable bonds is 9. The second-order valence-corrected chi connectivity index (χ2v) is 6.56. The fraction of sp³-hybridized carbons (Fsp3) is 0.381. The molecule has 0 bridgehead atoms. The van der Waals surface area contributed by atoms with Crippen molar-refractivity contribution in [1.29, 1.82) is 0 Å². The summed E-state index contributed by atoms with van der Waals surface area (Å²) >= 11 is 0. The average Bonchev–Trinajstić information content (AvgIpc) is 2.66. The molecule has 0 aliphatic carbocycles. The Morgan fingerprint density at radius 1 is 1.04 bits per heavy atom. The van der Waals surface area contributed by atoms with Gasteiger partial charge in [0.1, 0.15) is 11.6 Å². The summed E-state index contributed by atoms with van der Waals surface area (Å²) in [6, 6.07) is 14.6. The van der Waals surface area contributed by atoms with E-state index in [0.717, 1.165) is 29.8 Å². The molecule has 6 heteroatoms. The van der Waals surface area contributed by atoms with Gasteiger partial charge >= 0.3 is 0 Å². The van der Waals surface area contributed by atoms with E-state index in [0.29, 0.717) is 25.7 Å². The van der Waals surface area contributed by atoms with Crippen molar-refractivity contribution in [2.24, 2.45) is 4.99 Å². The number of nitrogens with zero attached hydrogens (tertiary/aromatic N) is 2. The minimum atomic E-state index is -0.235. The summed E-state index contributed by atoms with van der Waals surface area (Å²) in [7, 11) is 5.83. The molecule has 146 valence electrons. The first-order valence-electron chi connectivity index (χ1n) is 9.12. The summed E-state index contributed by atoms with van der Waals surface area (Å²) in [5.41, 5.74) is 2.00. The fourth-order valence-corrected chi connectivity index (χ4v) is 2.51. The maximum atomic E-state index is 13.2. The second kappa shape index (κ2) is 11.2. The van der Waals surface area contributed by atoms with Gasteiger partial charge in [-0.05, 0) is 55.9 Å². The number of hydrogen-bond donors (Lipinski definition) is 2. The zero-order valence-electron chi connectivity index (χ0n) is 16.3. The standard InChI is InChI=1S/C21H29FN4O/c1-23-21(25-16-18-6-4-7-19(22)14-18)24-15-17-8-10-20(11-9-17)27-13-5-12-26(2)3/h4,6-11,14H,5,12-13,15-16H2,1-3H3,(H2,23,24,25). The van der Waals surface area contributed by atoms with E-state index in [2.05, 4.69) is 34.6 Å². The molecule has 0 spiro atoms. The molecule has 2 rings (SSSR count). The van der Waals surface area contributed by atoms with Crippen LogP contribution in [0, 0.1) is 5.82 Å². The van der Waals surface area contributed by atoms with Crippen LogP contribution in [0.4, 0.5) is 4.39 Å². The van der Waals surface area contributed by atoms with E-state index in [1.807, 2.05) is 30.3 Å². The van der Waals surface area contributed by atoms with Gasteiger partial charge in [-0.2, -0.15) is 0 Å². The van der Waals surface area contributed by atoms with Crippen LogP contribution in [0.5, 0.6) is 5.75 Å². The Kier molecular flexibility index (Phi) is 8.58. The Morgan fingerprint density at radius 3 is 2.37 bits per heavy atom. The Labute approximate surface area is 161 Å². The molecule has 0 aliphatic rings. The largest absolute Gasteiger partial charge is 0.494 e. The number of guanidine groups is 1. The molecule has 0 fully saturated rings. The number of aliphatic imine (C=N–C) groups is 1. The second-order valence-electron chi connectivity index (χ2n) is 6.56. The SMILES string of the molecule is CN=C(NCc1ccc(OCCCN(C)C)cc1)NCc1cccc(F)c1. The van der Waals surface area contributed by atoms with E-state index in [-0.39, 0.29) is 5.82 Å². The number of ether oxygens (including phenoxy) is 1. The van der Waals surface area contributed by atoms with Gasteiger partial charge < -0.3 is 20.3 Å². The lowest BCUT2D eigenvalue weighted by Gasteiger charge is -2.13. The van der Waals surface area contributed by atoms with Crippen LogP contribution in [0.2, 0.25) is 0 Å². The quantitative estimate of drug-likeness (QED) is 0.404. The third-order valence-corrected chi connectivity index (χ3v) is 3.97. The molecule has 0 saturated heterocycles. The van der Waals surface area contributed by atoms with Gasteiger partial charge in [-0.1, -0.05) is 24.3 Å². The van der Waals surface area contributed by atoms with Gasteiger partial charge in [-0.3, -0.25) is 4.99 Å². The van der Waals surface area contributed by atoms with Crippen molar-refractivity contribution in [3.63, 3.8) is 0 Å². The molecule has 0 saturated carbocycles. The van der Waals surface area contributed by atoms with Crippen LogP contribution < -0.4 is 15.4 Å². The number of halogens is 1. The molecule has 0 amide bonds. The summed E-state index contributed by atoms with van der Waals surface area (Å²) in [4.78, 5) is 6.34. The van der Waals surface area contributed by atoms with Crippen molar-refractivity contribution in [1.82, 2.24) is 15.5 Å². The van der Waals surface area contributed by atoms with Gasteiger partial charge in [0.25, 0.3) is 0 Å². The fourth-order valence-electron chi connectivity index (χ4n) is 2.51. The Bertz CT molecular complexity index is 716. The molecule has 0 heterocycles. The highest BCUT2D eigenvalue weighted by Crippen LogP contribution is 2.12. The van der Waals surface area contributed by atoms with E-state index in [1.165, 1.54) is 12.1 Å². The Hall–Kier alpha value is -2.60. The van der Waals surface area contributed by atoms with Gasteiger partial charge in [0, 0.05) is 26.7 Å². The Balaban J connectivity index is 1.74. The van der Waals surface area contributed by atoms with Gasteiger partial charge in [-0.25, -0.2) is 4.39 Å². The minimum Gasteiger partial charge on any atom is -0.494 e. The van der Waals surface area contributed by atoms with E-state index in [4.69, 9.17) is 4.74 Å². The topological polar surface area (TPSA) is 48.9 Å². The highest BCUT2D eigenvalue weighted by Gasteiger charge is 2.01. The highest BCUT2D eigenvalue weighted by molar-refractivity contribution is 5.79. The molecular weight excluding hydrogens is 343 g/mol. The smallest absolute Gasteiger partial charge is 0.191 e. The van der Waals surface area contributed by atoms with Crippen molar-refractivity contribution >= 4 is 5.96 Å². The number of hydrogen-bond acceptors (Lipinski definition) is 3. The van der Waals surface area contributed by atoms with Crippen LogP contribution in [0.15, 0.2) is 53.5 Å². The first-order chi connectivity index (χ1) is 13.1. The van der Waals surface area contributed by atoms with Crippen LogP contribution in [0.25, 0.3) is 0 Å². The number of nitrogens with one attached hydrogen (secondary N) is 2. The molecule has 2 aromatic rings. The molecule has 0 aromatic heterocycles. The zero-order chi connectivity index (χ0) is 19.5. The molecular formula is C21H29FN4O. The maximum absolute atomic E-state index is 13.2. The highest BCUT2D eigenvalue weighted by atomic mass is 19.1. The van der Waals surface area contributed by atoms with Gasteiger partial charge in [0.15, 0.2) is 5.96 Å². The predicted molar refractivity (Wildman–Crippen MR) is 109 cm³/mol. The first kappa shape index (κ1) is 20.7. The van der Waals surface area contributed by atoms with Crippen LogP contribution in [0.1, 0.15) is 17.5 Å². The van der Waals surface area contributed by atoms with Gasteiger partial charge in [0.2, 0.25) is 0 Å². The Morgan fingerprint density at radius 2 is 1.74 bits per heavy atom. The monoisotopic (exact) mass is 372 g/mol. The normalized spacial score (nSPS) is 11.5. The minimum absolute atomic E-state index is 0.235. The third kappa shape index (κ3) is 8.09. The van der Waals surface area contributed by atoms with Gasteiger partial charge in [0.05, 0.1) is 6.61 Å². The maximum Gasteiger partial charge on any atom is 0.191 e. The third-order valence-electron chi connectivity index (χ3n) is 3.97. The van der Waals surface area contributed by atoms with Crippen molar-refractivity contribution in [2.45, 2.75) is 19.5 Å². The van der Waals surface area contributed by atoms with Gasteiger partial charge in [-0.15, -0.1) is 0 Å². The van der Waals surface area contributed by atoms with Crippen molar-refractivity contribution in [3.8, 4) is 5.75 Å². The van der Waals surface area contributed by atoms with Crippen molar-refractivity contribution in [2.75, 3.05) is 34.3 Å². The number of benzene rings is 2. The summed E-state index contributed by atoms with van der Waals surface area (Å²) in [5.74, 6) is 1.32. The first-order valence-corrected chi connectivity index (χ1v) is 9.12. The molecule has 0 atom stereocenters. The predicted octanol–water partition coefficient (Wildman–Crippen LogP) is 3.02. The molecule has 0 unspecified atom stereocenters. The van der Waals surface area contributed by atoms with Crippen LogP contribution >= 0.6 is 0 Å². The van der Waals surface area contributed by atoms with Crippen LogP contribution in [-0.2, 0) is 13.1 Å². The lowest BCUT2D eigenvalue weighted by Crippen LogP contribution is -2.36. The lowest BCUT2D eigenvalue weighted by atomic mass is 10.2. The molecule has 0 radical (unpaired) electrons. The molecule has 2 N–H and O–H groups in total. The average molecular weight is 372 g/mol. The summed E-state index contributed by atoms with van der Waals surface area (Å²) in [6.45, 7) is 2.89. The molecule has 27 heavy (non-hydrogen) atoms.